The van der Waals surface area contributed by atoms with Crippen LogP contribution in [0.2, 0.25) is 0 Å². The van der Waals surface area contributed by atoms with E-state index >= 15 is 0 Å². The first-order valence-corrected chi connectivity index (χ1v) is 12.3. The van der Waals surface area contributed by atoms with Crippen LogP contribution in [0.3, 0.4) is 0 Å². The van der Waals surface area contributed by atoms with E-state index in [0.29, 0.717) is 24.4 Å². The molecule has 0 amide bonds. The topological polar surface area (TPSA) is 52.6 Å². The maximum absolute atomic E-state index is 12.7. The number of hydrogen-bond acceptors (Lipinski definition) is 4. The molecule has 166 valence electrons. The first kappa shape index (κ1) is 24.0. The predicted molar refractivity (Wildman–Crippen MR) is 117 cm³/mol. The van der Waals surface area contributed by atoms with Gasteiger partial charge in [0.2, 0.25) is 0 Å². The molecule has 29 heavy (non-hydrogen) atoms. The van der Waals surface area contributed by atoms with Crippen LogP contribution < -0.4 is 0 Å². The number of carbonyl (C=O) groups excluding carboxylic acids is 2. The van der Waals surface area contributed by atoms with Crippen molar-refractivity contribution in [3.8, 4) is 0 Å². The molecule has 2 aliphatic rings. The Morgan fingerprint density at radius 2 is 1.03 bits per heavy atom. The normalized spacial score (nSPS) is 20.3. The molecule has 4 heteroatoms. The highest BCUT2D eigenvalue weighted by atomic mass is 16.5. The minimum absolute atomic E-state index is 0.202. The van der Waals surface area contributed by atoms with Gasteiger partial charge in [-0.25, -0.2) is 9.59 Å². The Kier molecular flexibility index (Phi) is 11.4. The van der Waals surface area contributed by atoms with Gasteiger partial charge in [0.25, 0.3) is 0 Å². The second-order valence-electron chi connectivity index (χ2n) is 8.84. The molecule has 2 atom stereocenters. The van der Waals surface area contributed by atoms with Crippen molar-refractivity contribution in [1.82, 2.24) is 0 Å². The van der Waals surface area contributed by atoms with Crippen LogP contribution in [0.4, 0.5) is 0 Å². The summed E-state index contributed by atoms with van der Waals surface area (Å²) in [5, 5.41) is 0. The van der Waals surface area contributed by atoms with E-state index in [2.05, 4.69) is 13.8 Å². The van der Waals surface area contributed by atoms with Gasteiger partial charge in [0.1, 0.15) is 0 Å². The second kappa shape index (κ2) is 13.8. The monoisotopic (exact) mass is 406 g/mol. The van der Waals surface area contributed by atoms with Crippen molar-refractivity contribution in [3.05, 3.63) is 11.1 Å². The van der Waals surface area contributed by atoms with Crippen molar-refractivity contribution in [3.63, 3.8) is 0 Å². The minimum Gasteiger partial charge on any atom is -0.462 e. The molecule has 0 aromatic carbocycles. The number of rotatable bonds is 16. The van der Waals surface area contributed by atoms with E-state index in [-0.39, 0.29) is 23.8 Å². The molecule has 0 spiro atoms. The Hall–Kier alpha value is -1.32. The van der Waals surface area contributed by atoms with Gasteiger partial charge in [0.05, 0.1) is 24.4 Å². The van der Waals surface area contributed by atoms with Crippen molar-refractivity contribution in [2.24, 2.45) is 11.8 Å². The smallest absolute Gasteiger partial charge is 0.334 e. The molecule has 0 aromatic heterocycles. The molecule has 2 aliphatic carbocycles. The van der Waals surface area contributed by atoms with Crippen LogP contribution in [0, 0.1) is 11.8 Å². The number of unbranched alkanes of at least 4 members (excludes halogenated alkanes) is 10. The summed E-state index contributed by atoms with van der Waals surface area (Å²) in [6.45, 7) is 5.35. The lowest BCUT2D eigenvalue weighted by atomic mass is 9.91. The first-order chi connectivity index (χ1) is 14.2. The molecular weight excluding hydrogens is 364 g/mol. The molecular formula is C25H42O4. The molecule has 1 saturated carbocycles. The zero-order valence-corrected chi connectivity index (χ0v) is 18.8. The first-order valence-electron chi connectivity index (χ1n) is 12.3. The number of esters is 2. The molecule has 0 heterocycles. The van der Waals surface area contributed by atoms with Gasteiger partial charge >= 0.3 is 11.9 Å². The largest absolute Gasteiger partial charge is 0.462 e. The third kappa shape index (κ3) is 7.79. The van der Waals surface area contributed by atoms with E-state index in [1.807, 2.05) is 0 Å². The van der Waals surface area contributed by atoms with Gasteiger partial charge in [-0.1, -0.05) is 78.1 Å². The van der Waals surface area contributed by atoms with E-state index in [1.54, 1.807) is 0 Å². The van der Waals surface area contributed by atoms with Crippen LogP contribution in [-0.2, 0) is 19.1 Å². The number of ether oxygens (including phenoxy) is 2. The van der Waals surface area contributed by atoms with Gasteiger partial charge in [-0.15, -0.1) is 0 Å². The van der Waals surface area contributed by atoms with Crippen LogP contribution in [0.15, 0.2) is 11.1 Å². The average molecular weight is 407 g/mol. The Balaban J connectivity index is 1.75. The van der Waals surface area contributed by atoms with E-state index in [0.717, 1.165) is 44.9 Å². The summed E-state index contributed by atoms with van der Waals surface area (Å²) < 4.78 is 11.1. The Morgan fingerprint density at radius 1 is 0.655 bits per heavy atom. The third-order valence-corrected chi connectivity index (χ3v) is 6.44. The average Bonchev–Trinajstić information content (AvgIpc) is 3.34. The number of carbonyl (C=O) groups is 2. The molecule has 0 saturated heterocycles. The van der Waals surface area contributed by atoms with Gasteiger partial charge in [-0.05, 0) is 43.9 Å². The van der Waals surface area contributed by atoms with Crippen LogP contribution in [0.1, 0.15) is 110 Å². The predicted octanol–water partition coefficient (Wildman–Crippen LogP) is 6.52. The third-order valence-electron chi connectivity index (χ3n) is 6.44. The number of fused-ring (bicyclic) bond motifs is 2. The summed E-state index contributed by atoms with van der Waals surface area (Å²) >= 11 is 0. The van der Waals surface area contributed by atoms with Crippen LogP contribution in [0.5, 0.6) is 0 Å². The SMILES string of the molecule is CCCCCCCCOC(=O)C1=C(C(=O)OCCCCCCCC)C2CCC1C2. The summed E-state index contributed by atoms with van der Waals surface area (Å²) in [5.41, 5.74) is 1.28. The summed E-state index contributed by atoms with van der Waals surface area (Å²) in [7, 11) is 0. The minimum atomic E-state index is -0.266. The highest BCUT2D eigenvalue weighted by molar-refractivity contribution is 6.02. The van der Waals surface area contributed by atoms with Crippen molar-refractivity contribution in [2.75, 3.05) is 13.2 Å². The lowest BCUT2D eigenvalue weighted by Gasteiger charge is -2.18. The highest BCUT2D eigenvalue weighted by Crippen LogP contribution is 2.49. The molecule has 0 aliphatic heterocycles. The zero-order valence-electron chi connectivity index (χ0n) is 18.8. The van der Waals surface area contributed by atoms with Gasteiger partial charge in [0, 0.05) is 0 Å². The van der Waals surface area contributed by atoms with Gasteiger partial charge in [-0.3, -0.25) is 0 Å². The molecule has 0 radical (unpaired) electrons. The van der Waals surface area contributed by atoms with Crippen molar-refractivity contribution in [2.45, 2.75) is 110 Å². The number of hydrogen-bond donors (Lipinski definition) is 0. The fraction of sp³-hybridized carbons (Fsp3) is 0.840. The van der Waals surface area contributed by atoms with E-state index in [4.69, 9.17) is 9.47 Å². The molecule has 2 rings (SSSR count). The van der Waals surface area contributed by atoms with Crippen molar-refractivity contribution < 1.29 is 19.1 Å². The van der Waals surface area contributed by atoms with Gasteiger partial charge < -0.3 is 9.47 Å². The maximum atomic E-state index is 12.7. The second-order valence-corrected chi connectivity index (χ2v) is 8.84. The summed E-state index contributed by atoms with van der Waals surface area (Å²) in [4.78, 5) is 25.3. The summed E-state index contributed by atoms with van der Waals surface area (Å²) in [5.74, 6) is -0.128. The fourth-order valence-corrected chi connectivity index (χ4v) is 4.75. The zero-order chi connectivity index (χ0) is 20.9. The van der Waals surface area contributed by atoms with Crippen molar-refractivity contribution >= 4 is 11.9 Å². The van der Waals surface area contributed by atoms with E-state index in [1.165, 1.54) is 51.4 Å². The Morgan fingerprint density at radius 3 is 1.45 bits per heavy atom. The van der Waals surface area contributed by atoms with Crippen molar-refractivity contribution in [1.29, 1.82) is 0 Å². The van der Waals surface area contributed by atoms with Crippen LogP contribution in [0.25, 0.3) is 0 Å². The van der Waals surface area contributed by atoms with Crippen LogP contribution >= 0.6 is 0 Å². The van der Waals surface area contributed by atoms with E-state index in [9.17, 15) is 9.59 Å². The Labute approximate surface area is 177 Å². The lowest BCUT2D eigenvalue weighted by Crippen LogP contribution is -2.21. The molecule has 1 fully saturated rings. The lowest BCUT2D eigenvalue weighted by molar-refractivity contribution is -0.143. The summed E-state index contributed by atoms with van der Waals surface area (Å²) in [6.07, 6.45) is 16.9. The fourth-order valence-electron chi connectivity index (χ4n) is 4.75. The molecule has 0 aromatic rings. The van der Waals surface area contributed by atoms with E-state index < -0.39 is 0 Å². The molecule has 0 N–H and O–H groups in total. The molecule has 4 nitrogen and oxygen atoms in total. The Bertz CT molecular complexity index is 491. The maximum Gasteiger partial charge on any atom is 0.334 e. The van der Waals surface area contributed by atoms with Crippen LogP contribution in [-0.4, -0.2) is 25.2 Å². The molecule has 2 unspecified atom stereocenters. The standard InChI is InChI=1S/C25H42O4/c1-3-5-7-9-11-13-17-28-24(26)22-20-15-16-21(19-20)23(22)25(27)29-18-14-12-10-8-6-4-2/h20-21H,3-19H2,1-2H3. The van der Waals surface area contributed by atoms with Gasteiger partial charge in [0.15, 0.2) is 0 Å². The highest BCUT2D eigenvalue weighted by Gasteiger charge is 2.45. The summed E-state index contributed by atoms with van der Waals surface area (Å²) in [6, 6.07) is 0. The van der Waals surface area contributed by atoms with Gasteiger partial charge in [-0.2, -0.15) is 0 Å². The molecule has 2 bridgehead atoms. The quantitative estimate of drug-likeness (QED) is 0.216.